The van der Waals surface area contributed by atoms with Gasteiger partial charge >= 0.3 is 6.02 Å². The summed E-state index contributed by atoms with van der Waals surface area (Å²) in [6, 6.07) is 12.5. The number of rotatable bonds is 3. The van der Waals surface area contributed by atoms with Crippen LogP contribution in [0.4, 0.5) is 11.4 Å². The van der Waals surface area contributed by atoms with Crippen LogP contribution in [0.25, 0.3) is 16.3 Å². The van der Waals surface area contributed by atoms with Crippen LogP contribution in [0.1, 0.15) is 30.0 Å². The van der Waals surface area contributed by atoms with Gasteiger partial charge in [0.1, 0.15) is 0 Å². The molecule has 1 saturated heterocycles. The molecule has 0 unspecified atom stereocenters. The summed E-state index contributed by atoms with van der Waals surface area (Å²) in [5.74, 6) is 0.131. The van der Waals surface area contributed by atoms with E-state index in [0.717, 1.165) is 32.2 Å². The highest BCUT2D eigenvalue weighted by molar-refractivity contribution is 7.18. The molecule has 32 heavy (non-hydrogen) atoms. The van der Waals surface area contributed by atoms with Crippen molar-refractivity contribution >= 4 is 50.9 Å². The van der Waals surface area contributed by atoms with E-state index in [-0.39, 0.29) is 5.91 Å². The van der Waals surface area contributed by atoms with Crippen molar-refractivity contribution in [3.63, 3.8) is 0 Å². The number of hydrogen-bond donors (Lipinski definition) is 0. The molecule has 0 bridgehead atoms. The summed E-state index contributed by atoms with van der Waals surface area (Å²) in [4.78, 5) is 26.2. The molecule has 2 aliphatic rings. The number of ether oxygens (including phenoxy) is 1. The zero-order chi connectivity index (χ0) is 22.4. The van der Waals surface area contributed by atoms with Gasteiger partial charge in [0.25, 0.3) is 5.91 Å². The lowest BCUT2D eigenvalue weighted by Crippen LogP contribution is -2.30. The Morgan fingerprint density at radius 2 is 1.84 bits per heavy atom. The maximum Gasteiger partial charge on any atom is 0.305 e. The molecule has 3 heterocycles. The fourth-order valence-electron chi connectivity index (χ4n) is 4.12. The lowest BCUT2D eigenvalue weighted by atomic mass is 10.0. The number of carbonyl (C=O) groups excluding carboxylic acids is 1. The van der Waals surface area contributed by atoms with Gasteiger partial charge in [-0.05, 0) is 69.7 Å². The first-order valence-electron chi connectivity index (χ1n) is 10.7. The van der Waals surface area contributed by atoms with Gasteiger partial charge in [0.05, 0.1) is 26.6 Å². The highest BCUT2D eigenvalue weighted by Gasteiger charge is 2.38. The third-order valence-corrected chi connectivity index (χ3v) is 6.57. The van der Waals surface area contributed by atoms with Crippen LogP contribution in [0, 0.1) is 13.8 Å². The van der Waals surface area contributed by atoms with Crippen molar-refractivity contribution < 1.29 is 9.53 Å². The van der Waals surface area contributed by atoms with Crippen molar-refractivity contribution in [2.45, 2.75) is 27.7 Å². The Morgan fingerprint density at radius 1 is 1.03 bits per heavy atom. The van der Waals surface area contributed by atoms with Crippen molar-refractivity contribution in [1.29, 1.82) is 0 Å². The summed E-state index contributed by atoms with van der Waals surface area (Å²) in [7, 11) is 0. The third kappa shape index (κ3) is 3.39. The summed E-state index contributed by atoms with van der Waals surface area (Å²) < 4.78 is 7.22. The van der Waals surface area contributed by atoms with E-state index in [4.69, 9.17) is 4.74 Å². The van der Waals surface area contributed by atoms with Crippen molar-refractivity contribution in [2.24, 2.45) is 4.99 Å². The molecule has 0 atom stereocenters. The number of likely N-dealkylation sites (N-methyl/N-ethyl adjacent to an activating group) is 2. The first-order chi connectivity index (χ1) is 15.5. The molecule has 0 aliphatic carbocycles. The molecular weight excluding hydrogens is 420 g/mol. The van der Waals surface area contributed by atoms with Crippen LogP contribution in [0.3, 0.4) is 0 Å². The fourth-order valence-corrected chi connectivity index (χ4v) is 4.92. The minimum atomic E-state index is -0.175. The molecule has 1 aromatic heterocycles. The summed E-state index contributed by atoms with van der Waals surface area (Å²) in [6.07, 6.45) is 4.00. The van der Waals surface area contributed by atoms with E-state index in [1.54, 1.807) is 16.2 Å². The smallest absolute Gasteiger partial charge is 0.305 e. The van der Waals surface area contributed by atoms with Gasteiger partial charge in [0, 0.05) is 18.8 Å². The number of aryl methyl sites for hydroxylation is 2. The molecule has 6 nitrogen and oxygen atoms in total. The number of anilines is 1. The molecule has 0 N–H and O–H groups in total. The van der Waals surface area contributed by atoms with Gasteiger partial charge in [0.15, 0.2) is 0 Å². The second kappa shape index (κ2) is 7.91. The molecule has 7 heteroatoms. The summed E-state index contributed by atoms with van der Waals surface area (Å²) in [6.45, 7) is 9.24. The van der Waals surface area contributed by atoms with E-state index >= 15 is 0 Å². The number of aliphatic imine (C=N–C) groups is 1. The quantitative estimate of drug-likeness (QED) is 0.498. The zero-order valence-electron chi connectivity index (χ0n) is 18.5. The minimum Gasteiger partial charge on any atom is -0.417 e. The Hall–Kier alpha value is -3.45. The van der Waals surface area contributed by atoms with Crippen LogP contribution in [0.2, 0.25) is 0 Å². The molecule has 0 saturated carbocycles. The van der Waals surface area contributed by atoms with E-state index in [0.29, 0.717) is 30.6 Å². The van der Waals surface area contributed by atoms with Gasteiger partial charge < -0.3 is 9.64 Å². The third-order valence-electron chi connectivity index (χ3n) is 5.62. The number of carbonyl (C=O) groups is 1. The Morgan fingerprint density at radius 3 is 2.62 bits per heavy atom. The molecule has 1 amide bonds. The number of hydrogen-bond acceptors (Lipinski definition) is 6. The number of thiazole rings is 1. The maximum atomic E-state index is 13.3. The number of fused-ring (bicyclic) bond motifs is 2. The predicted molar refractivity (Wildman–Crippen MR) is 130 cm³/mol. The van der Waals surface area contributed by atoms with Gasteiger partial charge in [-0.2, -0.15) is 4.99 Å². The first kappa shape index (κ1) is 20.5. The number of benzene rings is 2. The number of aromatic nitrogens is 1. The highest BCUT2D eigenvalue weighted by atomic mass is 32.1. The van der Waals surface area contributed by atoms with Crippen molar-refractivity contribution in [1.82, 2.24) is 9.88 Å². The zero-order valence-corrected chi connectivity index (χ0v) is 19.4. The molecular formula is C25H24N4O2S. The Bertz CT molecular complexity index is 1330. The second-order valence-corrected chi connectivity index (χ2v) is 9.02. The standard InChI is InChI=1S/C25H24N4O2S/c1-5-28-20-10-7-15(3)13-17(20)8-11-21(28)23-24(30)29(6-2)25(31-23)27-18-9-12-22-19(14-18)26-16(4)32-22/h7-14H,5-6H2,1-4H3/b23-21+,27-25?. The van der Waals surface area contributed by atoms with Crippen LogP contribution in [-0.4, -0.2) is 34.9 Å². The largest absolute Gasteiger partial charge is 0.417 e. The first-order valence-corrected chi connectivity index (χ1v) is 11.6. The summed E-state index contributed by atoms with van der Waals surface area (Å²) >= 11 is 1.65. The van der Waals surface area contributed by atoms with Crippen molar-refractivity contribution in [3.8, 4) is 0 Å². The lowest BCUT2D eigenvalue weighted by Gasteiger charge is -2.29. The minimum absolute atomic E-state index is 0.175. The number of allylic oxidation sites excluding steroid dienone is 1. The van der Waals surface area contributed by atoms with E-state index < -0.39 is 0 Å². The number of nitrogens with zero attached hydrogens (tertiary/aromatic N) is 4. The van der Waals surface area contributed by atoms with Gasteiger partial charge in [0.2, 0.25) is 5.76 Å². The van der Waals surface area contributed by atoms with Crippen LogP contribution < -0.4 is 4.90 Å². The van der Waals surface area contributed by atoms with E-state index in [1.807, 2.05) is 44.2 Å². The molecule has 5 rings (SSSR count). The van der Waals surface area contributed by atoms with Crippen LogP contribution in [-0.2, 0) is 9.53 Å². The van der Waals surface area contributed by atoms with Gasteiger partial charge in [-0.15, -0.1) is 11.3 Å². The van der Waals surface area contributed by atoms with E-state index in [9.17, 15) is 4.79 Å². The molecule has 162 valence electrons. The Kier molecular flexibility index (Phi) is 5.06. The number of amidine groups is 1. The van der Waals surface area contributed by atoms with Gasteiger partial charge in [-0.25, -0.2) is 4.98 Å². The molecule has 0 radical (unpaired) electrons. The molecule has 3 aromatic rings. The lowest BCUT2D eigenvalue weighted by molar-refractivity contribution is -0.122. The normalized spacial score (nSPS) is 19.2. The second-order valence-electron chi connectivity index (χ2n) is 7.78. The molecule has 1 fully saturated rings. The monoisotopic (exact) mass is 444 g/mol. The Balaban J connectivity index is 1.56. The predicted octanol–water partition coefficient (Wildman–Crippen LogP) is 5.54. The highest BCUT2D eigenvalue weighted by Crippen LogP contribution is 2.35. The van der Waals surface area contributed by atoms with Crippen molar-refractivity contribution in [2.75, 3.05) is 18.0 Å². The average Bonchev–Trinajstić information content (AvgIpc) is 3.30. The summed E-state index contributed by atoms with van der Waals surface area (Å²) in [5.41, 5.74) is 5.77. The molecule has 2 aromatic carbocycles. The van der Waals surface area contributed by atoms with Crippen LogP contribution in [0.5, 0.6) is 0 Å². The Labute approximate surface area is 191 Å². The van der Waals surface area contributed by atoms with Crippen LogP contribution >= 0.6 is 11.3 Å². The SMILES string of the molecule is CCN1C(=O)/C(=C2/C=Cc3cc(C)ccc3N2CC)OC1=Nc1ccc2sc(C)nc2c1. The molecule has 2 aliphatic heterocycles. The topological polar surface area (TPSA) is 58.0 Å². The van der Waals surface area contributed by atoms with Gasteiger partial charge in [-0.3, -0.25) is 9.69 Å². The van der Waals surface area contributed by atoms with Crippen molar-refractivity contribution in [3.05, 3.63) is 70.1 Å². The molecule has 0 spiro atoms. The van der Waals surface area contributed by atoms with Crippen LogP contribution in [0.15, 0.2) is 58.9 Å². The van der Waals surface area contributed by atoms with Gasteiger partial charge in [-0.1, -0.05) is 17.7 Å². The van der Waals surface area contributed by atoms with E-state index in [2.05, 4.69) is 46.9 Å². The van der Waals surface area contributed by atoms with E-state index in [1.165, 1.54) is 5.56 Å². The average molecular weight is 445 g/mol. The summed E-state index contributed by atoms with van der Waals surface area (Å²) in [5, 5.41) is 1.01. The maximum absolute atomic E-state index is 13.3. The fraction of sp³-hybridized carbons (Fsp3) is 0.240. The number of amides is 1.